The molecular formula is C17H25ClF3IN4. The molecule has 0 bridgehead atoms. The fraction of sp³-hybridized carbons (Fsp3) is 0.588. The second-order valence-corrected chi connectivity index (χ2v) is 6.46. The highest BCUT2D eigenvalue weighted by molar-refractivity contribution is 14.0. The summed E-state index contributed by atoms with van der Waals surface area (Å²) < 4.78 is 38.4. The van der Waals surface area contributed by atoms with Crippen LogP contribution in [0.2, 0.25) is 5.02 Å². The third kappa shape index (κ3) is 6.45. The molecule has 148 valence electrons. The van der Waals surface area contributed by atoms with E-state index in [9.17, 15) is 13.2 Å². The highest BCUT2D eigenvalue weighted by Gasteiger charge is 2.41. The van der Waals surface area contributed by atoms with Crippen LogP contribution in [0.3, 0.4) is 0 Å². The van der Waals surface area contributed by atoms with Gasteiger partial charge in [-0.15, -0.1) is 24.0 Å². The molecule has 2 rings (SSSR count). The van der Waals surface area contributed by atoms with E-state index in [-0.39, 0.29) is 24.0 Å². The van der Waals surface area contributed by atoms with Gasteiger partial charge in [0.05, 0.1) is 0 Å². The lowest BCUT2D eigenvalue weighted by Gasteiger charge is -2.39. The molecule has 1 aromatic rings. The number of nitrogens with zero attached hydrogens (tertiary/aromatic N) is 3. The molecule has 9 heteroatoms. The van der Waals surface area contributed by atoms with Crippen LogP contribution >= 0.6 is 35.6 Å². The molecule has 1 saturated heterocycles. The van der Waals surface area contributed by atoms with Gasteiger partial charge in [-0.25, -0.2) is 0 Å². The van der Waals surface area contributed by atoms with E-state index < -0.39 is 12.2 Å². The monoisotopic (exact) mass is 504 g/mol. The third-order valence-electron chi connectivity index (χ3n) is 4.48. The molecule has 1 atom stereocenters. The first-order chi connectivity index (χ1) is 11.8. The van der Waals surface area contributed by atoms with Crippen molar-refractivity contribution in [3.8, 4) is 0 Å². The van der Waals surface area contributed by atoms with Crippen LogP contribution in [0.4, 0.5) is 13.2 Å². The fourth-order valence-corrected chi connectivity index (χ4v) is 3.10. The molecule has 1 aromatic carbocycles. The number of guanidine groups is 1. The molecule has 1 unspecified atom stereocenters. The molecule has 1 aliphatic rings. The lowest BCUT2D eigenvalue weighted by molar-refractivity contribution is -0.181. The smallest absolute Gasteiger partial charge is 0.356 e. The molecule has 1 aliphatic heterocycles. The van der Waals surface area contributed by atoms with E-state index in [4.69, 9.17) is 11.6 Å². The normalized spacial score (nSPS) is 17.6. The van der Waals surface area contributed by atoms with Crippen LogP contribution in [0.15, 0.2) is 29.3 Å². The molecular weight excluding hydrogens is 480 g/mol. The fourth-order valence-electron chi connectivity index (χ4n) is 2.87. The Morgan fingerprint density at radius 1 is 1.23 bits per heavy atom. The van der Waals surface area contributed by atoms with Crippen molar-refractivity contribution in [3.05, 3.63) is 34.9 Å². The van der Waals surface area contributed by atoms with E-state index in [0.29, 0.717) is 38.7 Å². The van der Waals surface area contributed by atoms with Crippen molar-refractivity contribution in [3.63, 3.8) is 0 Å². The Labute approximate surface area is 174 Å². The quantitative estimate of drug-likeness (QED) is 0.386. The Morgan fingerprint density at radius 2 is 1.85 bits per heavy atom. The highest BCUT2D eigenvalue weighted by atomic mass is 127. The van der Waals surface area contributed by atoms with Crippen molar-refractivity contribution in [2.75, 3.05) is 39.8 Å². The first-order valence-corrected chi connectivity index (χ1v) is 8.70. The van der Waals surface area contributed by atoms with Gasteiger partial charge in [-0.3, -0.25) is 9.89 Å². The molecule has 1 fully saturated rings. The predicted octanol–water partition coefficient (Wildman–Crippen LogP) is 3.64. The van der Waals surface area contributed by atoms with Gasteiger partial charge >= 0.3 is 6.18 Å². The first-order valence-electron chi connectivity index (χ1n) is 8.32. The second-order valence-electron chi connectivity index (χ2n) is 6.06. The van der Waals surface area contributed by atoms with Crippen molar-refractivity contribution in [1.82, 2.24) is 15.1 Å². The molecule has 0 spiro atoms. The first kappa shape index (κ1) is 23.3. The van der Waals surface area contributed by atoms with E-state index in [1.807, 2.05) is 29.2 Å². The minimum Gasteiger partial charge on any atom is -0.356 e. The molecule has 0 radical (unpaired) electrons. The summed E-state index contributed by atoms with van der Waals surface area (Å²) in [5.74, 6) is 0.714. The van der Waals surface area contributed by atoms with Gasteiger partial charge in [0, 0.05) is 44.8 Å². The number of piperazine rings is 1. The summed E-state index contributed by atoms with van der Waals surface area (Å²) >= 11 is 6.14. The zero-order valence-electron chi connectivity index (χ0n) is 14.9. The Bertz CT molecular complexity index is 590. The Morgan fingerprint density at radius 3 is 2.38 bits per heavy atom. The zero-order valence-corrected chi connectivity index (χ0v) is 18.0. The van der Waals surface area contributed by atoms with E-state index in [0.717, 1.165) is 17.0 Å². The molecule has 1 N–H and O–H groups in total. The van der Waals surface area contributed by atoms with Gasteiger partial charge in [0.1, 0.15) is 6.04 Å². The summed E-state index contributed by atoms with van der Waals surface area (Å²) in [5, 5.41) is 4.00. The lowest BCUT2D eigenvalue weighted by atomic mass is 10.1. The molecule has 0 aromatic heterocycles. The minimum absolute atomic E-state index is 0. The molecule has 0 saturated carbocycles. The van der Waals surface area contributed by atoms with Crippen molar-refractivity contribution in [2.24, 2.45) is 4.99 Å². The molecule has 0 aliphatic carbocycles. The largest absolute Gasteiger partial charge is 0.403 e. The summed E-state index contributed by atoms with van der Waals surface area (Å²) in [7, 11) is 1.68. The van der Waals surface area contributed by atoms with Crippen molar-refractivity contribution < 1.29 is 13.2 Å². The Kier molecular flexibility index (Phi) is 9.46. The van der Waals surface area contributed by atoms with Gasteiger partial charge < -0.3 is 10.2 Å². The van der Waals surface area contributed by atoms with Crippen LogP contribution in [-0.2, 0) is 6.42 Å². The Balaban J connectivity index is 0.00000338. The van der Waals surface area contributed by atoms with Crippen LogP contribution in [0.25, 0.3) is 0 Å². The van der Waals surface area contributed by atoms with Crippen molar-refractivity contribution in [1.29, 1.82) is 0 Å². The number of benzene rings is 1. The van der Waals surface area contributed by atoms with Gasteiger partial charge in [-0.1, -0.05) is 29.8 Å². The van der Waals surface area contributed by atoms with Crippen LogP contribution in [0.5, 0.6) is 0 Å². The minimum atomic E-state index is -4.18. The zero-order chi connectivity index (χ0) is 18.4. The average molecular weight is 505 g/mol. The summed E-state index contributed by atoms with van der Waals surface area (Å²) in [6, 6.07) is 6.25. The molecule has 26 heavy (non-hydrogen) atoms. The SMILES string of the molecule is CN=C(NCCc1ccccc1Cl)N1CCN(C(C)C(F)(F)F)CC1.I. The lowest BCUT2D eigenvalue weighted by Crippen LogP contribution is -2.56. The number of hydrogen-bond donors (Lipinski definition) is 1. The average Bonchev–Trinajstić information content (AvgIpc) is 2.59. The number of nitrogens with one attached hydrogen (secondary N) is 1. The van der Waals surface area contributed by atoms with Crippen LogP contribution in [0, 0.1) is 0 Å². The van der Waals surface area contributed by atoms with Gasteiger partial charge in [-0.2, -0.15) is 13.2 Å². The molecule has 0 amide bonds. The maximum atomic E-state index is 12.8. The molecule has 1 heterocycles. The van der Waals surface area contributed by atoms with Crippen LogP contribution < -0.4 is 5.32 Å². The van der Waals surface area contributed by atoms with Gasteiger partial charge in [0.15, 0.2) is 5.96 Å². The predicted molar refractivity (Wildman–Crippen MR) is 111 cm³/mol. The standard InChI is InChI=1S/C17H24ClF3N4.HI/c1-13(17(19,20)21)24-9-11-25(12-10-24)16(22-2)23-8-7-14-5-3-4-6-15(14)18;/h3-6,13H,7-12H2,1-2H3,(H,22,23);1H. The van der Waals surface area contributed by atoms with E-state index in [1.165, 1.54) is 11.8 Å². The van der Waals surface area contributed by atoms with Gasteiger partial charge in [0.25, 0.3) is 0 Å². The second kappa shape index (κ2) is 10.6. The maximum absolute atomic E-state index is 12.8. The summed E-state index contributed by atoms with van der Waals surface area (Å²) in [4.78, 5) is 7.70. The number of halogens is 5. The Hall–Kier alpha value is -0.740. The van der Waals surface area contributed by atoms with Crippen molar-refractivity contribution in [2.45, 2.75) is 25.6 Å². The van der Waals surface area contributed by atoms with Gasteiger partial charge in [0.2, 0.25) is 0 Å². The number of hydrogen-bond acceptors (Lipinski definition) is 2. The highest BCUT2D eigenvalue weighted by Crippen LogP contribution is 2.25. The van der Waals surface area contributed by atoms with E-state index in [2.05, 4.69) is 10.3 Å². The van der Waals surface area contributed by atoms with E-state index in [1.54, 1.807) is 7.05 Å². The van der Waals surface area contributed by atoms with Crippen LogP contribution in [-0.4, -0.2) is 67.7 Å². The number of aliphatic imine (C=N–C) groups is 1. The third-order valence-corrected chi connectivity index (χ3v) is 4.85. The number of alkyl halides is 3. The summed E-state index contributed by atoms with van der Waals surface area (Å²) in [5.41, 5.74) is 1.05. The molecule has 4 nitrogen and oxygen atoms in total. The maximum Gasteiger partial charge on any atom is 0.403 e. The summed E-state index contributed by atoms with van der Waals surface area (Å²) in [6.07, 6.45) is -3.43. The van der Waals surface area contributed by atoms with Crippen molar-refractivity contribution >= 4 is 41.5 Å². The van der Waals surface area contributed by atoms with E-state index >= 15 is 0 Å². The van der Waals surface area contributed by atoms with Crippen LogP contribution in [0.1, 0.15) is 12.5 Å². The van der Waals surface area contributed by atoms with Gasteiger partial charge in [-0.05, 0) is 25.0 Å². The number of rotatable bonds is 4. The topological polar surface area (TPSA) is 30.9 Å². The summed E-state index contributed by atoms with van der Waals surface area (Å²) in [6.45, 7) is 3.65.